The van der Waals surface area contributed by atoms with Crippen LogP contribution in [0.2, 0.25) is 0 Å². The van der Waals surface area contributed by atoms with Crippen molar-refractivity contribution in [3.8, 4) is 0 Å². The molecular formula is C26H26N6S. The van der Waals surface area contributed by atoms with Crippen LogP contribution in [0.1, 0.15) is 45.9 Å². The van der Waals surface area contributed by atoms with E-state index in [0.29, 0.717) is 6.54 Å². The molecule has 0 aromatic carbocycles. The van der Waals surface area contributed by atoms with Gasteiger partial charge in [0.2, 0.25) is 0 Å². The molecule has 33 heavy (non-hydrogen) atoms. The Morgan fingerprint density at radius 1 is 0.879 bits per heavy atom. The van der Waals surface area contributed by atoms with Crippen LogP contribution in [0.15, 0.2) is 79.5 Å². The highest BCUT2D eigenvalue weighted by Crippen LogP contribution is 2.41. The van der Waals surface area contributed by atoms with Crippen LogP contribution in [-0.2, 0) is 13.1 Å². The second-order valence-electron chi connectivity index (χ2n) is 8.38. The Morgan fingerprint density at radius 3 is 2.18 bits per heavy atom. The lowest BCUT2D eigenvalue weighted by Gasteiger charge is -2.28. The molecule has 1 aliphatic heterocycles. The quantitative estimate of drug-likeness (QED) is 0.433. The first-order valence-corrected chi connectivity index (χ1v) is 11.4. The molecule has 5 heterocycles. The average Bonchev–Trinajstić information content (AvgIpc) is 3.31. The second-order valence-corrected chi connectivity index (χ2v) is 8.76. The lowest BCUT2D eigenvalue weighted by atomic mass is 9.96. The third kappa shape index (κ3) is 4.24. The van der Waals surface area contributed by atoms with Gasteiger partial charge in [-0.1, -0.05) is 6.07 Å². The van der Waals surface area contributed by atoms with Crippen molar-refractivity contribution in [3.63, 3.8) is 0 Å². The van der Waals surface area contributed by atoms with Crippen LogP contribution in [-0.4, -0.2) is 29.5 Å². The molecule has 1 aliphatic rings. The molecule has 0 aliphatic carbocycles. The minimum Gasteiger partial charge on any atom is -0.352 e. The highest BCUT2D eigenvalue weighted by Gasteiger charge is 2.41. The fourth-order valence-electron chi connectivity index (χ4n) is 4.64. The molecule has 1 fully saturated rings. The van der Waals surface area contributed by atoms with Gasteiger partial charge in [0.25, 0.3) is 0 Å². The molecule has 0 saturated carbocycles. The lowest BCUT2D eigenvalue weighted by Crippen LogP contribution is -2.29. The topological polar surface area (TPSA) is 58.9 Å². The van der Waals surface area contributed by atoms with E-state index in [-0.39, 0.29) is 12.1 Å². The molecule has 166 valence electrons. The Hall–Kier alpha value is -3.58. The Labute approximate surface area is 199 Å². The molecule has 0 spiro atoms. The van der Waals surface area contributed by atoms with Gasteiger partial charge in [-0.15, -0.1) is 0 Å². The zero-order valence-electron chi connectivity index (χ0n) is 18.7. The van der Waals surface area contributed by atoms with Gasteiger partial charge >= 0.3 is 0 Å². The molecule has 1 saturated heterocycles. The molecule has 0 bridgehead atoms. The Kier molecular flexibility index (Phi) is 5.88. The summed E-state index contributed by atoms with van der Waals surface area (Å²) in [5.41, 5.74) is 7.11. The van der Waals surface area contributed by atoms with Gasteiger partial charge in [-0.05, 0) is 85.2 Å². The zero-order valence-corrected chi connectivity index (χ0v) is 19.5. The van der Waals surface area contributed by atoms with E-state index >= 15 is 0 Å². The smallest absolute Gasteiger partial charge is 0.170 e. The number of nitrogens with zero attached hydrogens (tertiary/aromatic N) is 5. The number of rotatable bonds is 6. The number of aryl methyl sites for hydroxylation is 1. The van der Waals surface area contributed by atoms with Crippen LogP contribution in [0.4, 0.5) is 0 Å². The number of hydrogen-bond donors (Lipinski definition) is 1. The van der Waals surface area contributed by atoms with Crippen molar-refractivity contribution in [2.24, 2.45) is 0 Å². The number of hydrogen-bond acceptors (Lipinski definition) is 4. The Bertz CT molecular complexity index is 1240. The highest BCUT2D eigenvalue weighted by atomic mass is 32.1. The third-order valence-corrected chi connectivity index (χ3v) is 6.67. The summed E-state index contributed by atoms with van der Waals surface area (Å²) in [5.74, 6) is 0. The van der Waals surface area contributed by atoms with E-state index in [1.165, 1.54) is 28.1 Å². The maximum Gasteiger partial charge on any atom is 0.170 e. The van der Waals surface area contributed by atoms with Gasteiger partial charge in [0, 0.05) is 55.5 Å². The summed E-state index contributed by atoms with van der Waals surface area (Å²) in [7, 11) is 0. The van der Waals surface area contributed by atoms with Crippen molar-refractivity contribution in [2.75, 3.05) is 0 Å². The maximum atomic E-state index is 5.84. The molecule has 4 aromatic rings. The van der Waals surface area contributed by atoms with Crippen molar-refractivity contribution in [1.29, 1.82) is 0 Å². The van der Waals surface area contributed by atoms with Crippen LogP contribution in [0, 0.1) is 13.8 Å². The van der Waals surface area contributed by atoms with Crippen molar-refractivity contribution < 1.29 is 0 Å². The van der Waals surface area contributed by atoms with Gasteiger partial charge in [-0.3, -0.25) is 15.0 Å². The first kappa shape index (κ1) is 21.3. The minimum atomic E-state index is -0.0320. The summed E-state index contributed by atoms with van der Waals surface area (Å²) in [4.78, 5) is 15.3. The van der Waals surface area contributed by atoms with Crippen molar-refractivity contribution in [1.82, 2.24) is 29.7 Å². The summed E-state index contributed by atoms with van der Waals surface area (Å²) < 4.78 is 2.37. The van der Waals surface area contributed by atoms with Crippen LogP contribution < -0.4 is 5.32 Å². The van der Waals surface area contributed by atoms with Crippen LogP contribution in [0.5, 0.6) is 0 Å². The second kappa shape index (κ2) is 9.11. The first-order chi connectivity index (χ1) is 16.1. The molecule has 1 N–H and O–H groups in total. The summed E-state index contributed by atoms with van der Waals surface area (Å²) in [5, 5.41) is 4.30. The molecule has 5 rings (SSSR count). The van der Waals surface area contributed by atoms with E-state index in [0.717, 1.165) is 17.4 Å². The fraction of sp³-hybridized carbons (Fsp3) is 0.231. The fourth-order valence-corrected chi connectivity index (χ4v) is 4.95. The van der Waals surface area contributed by atoms with Gasteiger partial charge in [-0.25, -0.2) is 0 Å². The van der Waals surface area contributed by atoms with E-state index < -0.39 is 0 Å². The van der Waals surface area contributed by atoms with E-state index in [4.69, 9.17) is 12.2 Å². The largest absolute Gasteiger partial charge is 0.352 e. The number of aromatic nitrogens is 4. The Balaban J connectivity index is 1.56. The van der Waals surface area contributed by atoms with E-state index in [9.17, 15) is 0 Å². The van der Waals surface area contributed by atoms with Gasteiger partial charge in [0.05, 0.1) is 17.8 Å². The molecule has 7 heteroatoms. The van der Waals surface area contributed by atoms with E-state index in [1.807, 2.05) is 55.2 Å². The van der Waals surface area contributed by atoms with E-state index in [1.54, 1.807) is 0 Å². The standard InChI is InChI=1S/C26H26N6S/c1-18-15-22(19(2)31(18)16-20-6-11-27-12-7-20)25-24(23-5-3-4-10-29-23)30-26(33)32(25)17-21-8-13-28-14-9-21/h3-15,24-25H,16-17H2,1-2H3,(H,30,33). The number of nitrogens with one attached hydrogen (secondary N) is 1. The average molecular weight is 455 g/mol. The van der Waals surface area contributed by atoms with Crippen molar-refractivity contribution in [3.05, 3.63) is 113 Å². The van der Waals surface area contributed by atoms with E-state index in [2.05, 4.69) is 67.8 Å². The predicted octanol–water partition coefficient (Wildman–Crippen LogP) is 4.51. The number of pyridine rings is 3. The molecular weight excluding hydrogens is 428 g/mol. The van der Waals surface area contributed by atoms with Crippen molar-refractivity contribution >= 4 is 17.3 Å². The molecule has 0 radical (unpaired) electrons. The highest BCUT2D eigenvalue weighted by molar-refractivity contribution is 7.80. The monoisotopic (exact) mass is 454 g/mol. The normalized spacial score (nSPS) is 17.9. The molecule has 6 nitrogen and oxygen atoms in total. The van der Waals surface area contributed by atoms with Crippen molar-refractivity contribution in [2.45, 2.75) is 39.0 Å². The minimum absolute atomic E-state index is 0.0259. The van der Waals surface area contributed by atoms with Gasteiger partial charge in [-0.2, -0.15) is 0 Å². The summed E-state index contributed by atoms with van der Waals surface area (Å²) >= 11 is 5.84. The summed E-state index contributed by atoms with van der Waals surface area (Å²) in [6.07, 6.45) is 9.19. The molecule has 2 atom stereocenters. The SMILES string of the molecule is Cc1cc(C2C(c3ccccn3)NC(=S)N2Cc2ccncc2)c(C)n1Cc1ccncc1. The van der Waals surface area contributed by atoms with Crippen LogP contribution in [0.3, 0.4) is 0 Å². The maximum absolute atomic E-state index is 5.84. The summed E-state index contributed by atoms with van der Waals surface area (Å²) in [6, 6.07) is 16.6. The molecule has 2 unspecified atom stereocenters. The van der Waals surface area contributed by atoms with Crippen LogP contribution >= 0.6 is 12.2 Å². The van der Waals surface area contributed by atoms with Gasteiger partial charge in [0.15, 0.2) is 5.11 Å². The summed E-state index contributed by atoms with van der Waals surface area (Å²) in [6.45, 7) is 5.88. The zero-order chi connectivity index (χ0) is 22.8. The number of thiocarbonyl (C=S) groups is 1. The predicted molar refractivity (Wildman–Crippen MR) is 132 cm³/mol. The first-order valence-electron chi connectivity index (χ1n) is 11.0. The third-order valence-electron chi connectivity index (χ3n) is 6.32. The van der Waals surface area contributed by atoms with Gasteiger partial charge in [0.1, 0.15) is 0 Å². The van der Waals surface area contributed by atoms with Crippen LogP contribution in [0.25, 0.3) is 0 Å². The Morgan fingerprint density at radius 2 is 1.55 bits per heavy atom. The van der Waals surface area contributed by atoms with Gasteiger partial charge < -0.3 is 14.8 Å². The molecule has 4 aromatic heterocycles. The lowest BCUT2D eigenvalue weighted by molar-refractivity contribution is 0.309. The molecule has 0 amide bonds.